The summed E-state index contributed by atoms with van der Waals surface area (Å²) >= 11 is 8.14. The zero-order valence-electron chi connectivity index (χ0n) is 11.4. The standard InChI is InChI=1S/C13H17ClINO4/c1-19-6-4-16(3-5-17)13(18)9-7-10(14)11(15)8-12(9)20-2/h7-8,17H,3-6H2,1-2H3. The van der Waals surface area contributed by atoms with Gasteiger partial charge in [-0.15, -0.1) is 0 Å². The van der Waals surface area contributed by atoms with Crippen molar-refractivity contribution in [2.45, 2.75) is 0 Å². The summed E-state index contributed by atoms with van der Waals surface area (Å²) in [6.45, 7) is 0.902. The molecule has 0 aliphatic heterocycles. The van der Waals surface area contributed by atoms with Gasteiger partial charge in [-0.05, 0) is 34.7 Å². The minimum absolute atomic E-state index is 0.115. The predicted molar refractivity (Wildman–Crippen MR) is 85.6 cm³/mol. The summed E-state index contributed by atoms with van der Waals surface area (Å²) in [5.41, 5.74) is 0.377. The molecule has 0 spiro atoms. The number of rotatable bonds is 7. The van der Waals surface area contributed by atoms with Crippen molar-refractivity contribution >= 4 is 40.1 Å². The summed E-state index contributed by atoms with van der Waals surface area (Å²) in [6, 6.07) is 3.30. The molecule has 0 atom stereocenters. The second kappa shape index (κ2) is 8.66. The number of carbonyl (C=O) groups is 1. The lowest BCUT2D eigenvalue weighted by Crippen LogP contribution is -2.36. The van der Waals surface area contributed by atoms with Crippen LogP contribution in [0.4, 0.5) is 0 Å². The van der Waals surface area contributed by atoms with E-state index in [-0.39, 0.29) is 19.1 Å². The van der Waals surface area contributed by atoms with E-state index in [2.05, 4.69) is 22.6 Å². The zero-order valence-corrected chi connectivity index (χ0v) is 14.3. The molecule has 0 saturated carbocycles. The lowest BCUT2D eigenvalue weighted by Gasteiger charge is -2.22. The van der Waals surface area contributed by atoms with Crippen molar-refractivity contribution in [3.63, 3.8) is 0 Å². The monoisotopic (exact) mass is 413 g/mol. The molecule has 112 valence electrons. The summed E-state index contributed by atoms with van der Waals surface area (Å²) in [7, 11) is 3.06. The number of aliphatic hydroxyl groups excluding tert-OH is 1. The van der Waals surface area contributed by atoms with Crippen molar-refractivity contribution in [2.75, 3.05) is 40.5 Å². The summed E-state index contributed by atoms with van der Waals surface area (Å²) in [5.74, 6) is 0.218. The molecule has 0 radical (unpaired) electrons. The molecule has 1 aromatic carbocycles. The first-order valence-corrected chi connectivity index (χ1v) is 7.43. The van der Waals surface area contributed by atoms with Gasteiger partial charge in [-0.2, -0.15) is 0 Å². The van der Waals surface area contributed by atoms with Gasteiger partial charge in [-0.1, -0.05) is 11.6 Å². The highest BCUT2D eigenvalue weighted by atomic mass is 127. The maximum absolute atomic E-state index is 12.5. The number of hydrogen-bond donors (Lipinski definition) is 1. The SMILES string of the molecule is COCCN(CCO)C(=O)c1cc(Cl)c(I)cc1OC. The van der Waals surface area contributed by atoms with Crippen LogP contribution in [0.25, 0.3) is 0 Å². The third-order valence-electron chi connectivity index (χ3n) is 2.70. The first-order chi connectivity index (χ1) is 9.54. The summed E-state index contributed by atoms with van der Waals surface area (Å²) < 4.78 is 11.0. The minimum atomic E-state index is -0.244. The average Bonchev–Trinajstić information content (AvgIpc) is 2.45. The van der Waals surface area contributed by atoms with Crippen molar-refractivity contribution in [3.05, 3.63) is 26.3 Å². The van der Waals surface area contributed by atoms with Crippen molar-refractivity contribution < 1.29 is 19.4 Å². The Morgan fingerprint density at radius 1 is 1.40 bits per heavy atom. The Hall–Kier alpha value is -0.570. The van der Waals surface area contributed by atoms with E-state index < -0.39 is 0 Å². The van der Waals surface area contributed by atoms with Gasteiger partial charge in [0, 0.05) is 23.8 Å². The normalized spacial score (nSPS) is 10.4. The second-order valence-corrected chi connectivity index (χ2v) is 5.54. The number of halogens is 2. The van der Waals surface area contributed by atoms with Gasteiger partial charge in [0.25, 0.3) is 5.91 Å². The minimum Gasteiger partial charge on any atom is -0.496 e. The molecule has 1 aromatic rings. The van der Waals surface area contributed by atoms with Crippen LogP contribution in [0.2, 0.25) is 5.02 Å². The lowest BCUT2D eigenvalue weighted by molar-refractivity contribution is 0.0653. The van der Waals surface area contributed by atoms with Gasteiger partial charge >= 0.3 is 0 Å². The van der Waals surface area contributed by atoms with Crippen LogP contribution in [-0.4, -0.2) is 56.4 Å². The molecular formula is C13H17ClINO4. The van der Waals surface area contributed by atoms with E-state index in [1.54, 1.807) is 19.2 Å². The van der Waals surface area contributed by atoms with E-state index in [9.17, 15) is 4.79 Å². The number of benzene rings is 1. The van der Waals surface area contributed by atoms with Gasteiger partial charge in [0.2, 0.25) is 0 Å². The lowest BCUT2D eigenvalue weighted by atomic mass is 10.1. The van der Waals surface area contributed by atoms with Crippen molar-refractivity contribution in [3.8, 4) is 5.75 Å². The number of nitrogens with zero attached hydrogens (tertiary/aromatic N) is 1. The zero-order chi connectivity index (χ0) is 15.1. The maximum Gasteiger partial charge on any atom is 0.257 e. The van der Waals surface area contributed by atoms with Crippen LogP contribution in [0.15, 0.2) is 12.1 Å². The first-order valence-electron chi connectivity index (χ1n) is 5.97. The smallest absolute Gasteiger partial charge is 0.257 e. The van der Waals surface area contributed by atoms with Crippen LogP contribution in [0.1, 0.15) is 10.4 Å². The van der Waals surface area contributed by atoms with E-state index in [0.29, 0.717) is 29.5 Å². The molecule has 7 heteroatoms. The molecule has 0 fully saturated rings. The highest BCUT2D eigenvalue weighted by molar-refractivity contribution is 14.1. The molecule has 1 rings (SSSR count). The Morgan fingerprint density at radius 2 is 2.10 bits per heavy atom. The highest BCUT2D eigenvalue weighted by Crippen LogP contribution is 2.29. The topological polar surface area (TPSA) is 59.0 Å². The number of ether oxygens (including phenoxy) is 2. The van der Waals surface area contributed by atoms with Gasteiger partial charge in [0.1, 0.15) is 5.75 Å². The number of aliphatic hydroxyl groups is 1. The van der Waals surface area contributed by atoms with Crippen LogP contribution in [0, 0.1) is 3.57 Å². The van der Waals surface area contributed by atoms with Crippen LogP contribution in [0.5, 0.6) is 5.75 Å². The van der Waals surface area contributed by atoms with Crippen molar-refractivity contribution in [1.82, 2.24) is 4.90 Å². The highest BCUT2D eigenvalue weighted by Gasteiger charge is 2.20. The number of amides is 1. The molecular weight excluding hydrogens is 397 g/mol. The van der Waals surface area contributed by atoms with Gasteiger partial charge in [-0.3, -0.25) is 4.79 Å². The summed E-state index contributed by atoms with van der Waals surface area (Å²) in [6.07, 6.45) is 0. The fourth-order valence-corrected chi connectivity index (χ4v) is 2.27. The molecule has 1 amide bonds. The Kier molecular flexibility index (Phi) is 7.57. The van der Waals surface area contributed by atoms with Crippen LogP contribution < -0.4 is 4.74 Å². The van der Waals surface area contributed by atoms with E-state index >= 15 is 0 Å². The average molecular weight is 414 g/mol. The molecule has 5 nitrogen and oxygen atoms in total. The van der Waals surface area contributed by atoms with E-state index in [4.69, 9.17) is 26.2 Å². The van der Waals surface area contributed by atoms with Gasteiger partial charge in [0.15, 0.2) is 0 Å². The van der Waals surface area contributed by atoms with Gasteiger partial charge in [-0.25, -0.2) is 0 Å². The van der Waals surface area contributed by atoms with Crippen LogP contribution in [-0.2, 0) is 4.74 Å². The molecule has 1 N–H and O–H groups in total. The maximum atomic E-state index is 12.5. The number of carbonyl (C=O) groups excluding carboxylic acids is 1. The van der Waals surface area contributed by atoms with Gasteiger partial charge in [0.05, 0.1) is 30.9 Å². The van der Waals surface area contributed by atoms with E-state index in [0.717, 1.165) is 3.57 Å². The molecule has 0 bridgehead atoms. The molecule has 20 heavy (non-hydrogen) atoms. The number of hydrogen-bond acceptors (Lipinski definition) is 4. The van der Waals surface area contributed by atoms with Crippen LogP contribution in [0.3, 0.4) is 0 Å². The summed E-state index contributed by atoms with van der Waals surface area (Å²) in [5, 5.41) is 9.55. The molecule has 0 aliphatic carbocycles. The Bertz CT molecular complexity index is 470. The third-order valence-corrected chi connectivity index (χ3v) is 4.22. The first kappa shape index (κ1) is 17.5. The Labute approximate surface area is 136 Å². The van der Waals surface area contributed by atoms with E-state index in [1.807, 2.05) is 0 Å². The fraction of sp³-hybridized carbons (Fsp3) is 0.462. The Morgan fingerprint density at radius 3 is 2.65 bits per heavy atom. The molecule has 0 aliphatic rings. The predicted octanol–water partition coefficient (Wildman–Crippen LogP) is 2.03. The van der Waals surface area contributed by atoms with Crippen molar-refractivity contribution in [1.29, 1.82) is 0 Å². The Balaban J connectivity index is 3.06. The van der Waals surface area contributed by atoms with Crippen LogP contribution >= 0.6 is 34.2 Å². The fourth-order valence-electron chi connectivity index (χ4n) is 1.67. The van der Waals surface area contributed by atoms with E-state index in [1.165, 1.54) is 12.0 Å². The summed E-state index contributed by atoms with van der Waals surface area (Å²) in [4.78, 5) is 14.0. The third kappa shape index (κ3) is 4.47. The molecule has 0 heterocycles. The molecule has 0 unspecified atom stereocenters. The molecule has 0 aromatic heterocycles. The largest absolute Gasteiger partial charge is 0.496 e. The van der Waals surface area contributed by atoms with Crippen molar-refractivity contribution in [2.24, 2.45) is 0 Å². The second-order valence-electron chi connectivity index (χ2n) is 3.98. The van der Waals surface area contributed by atoms with Gasteiger partial charge < -0.3 is 19.5 Å². The number of methoxy groups -OCH3 is 2. The quantitative estimate of drug-likeness (QED) is 0.695. The molecule has 0 saturated heterocycles.